The lowest BCUT2D eigenvalue weighted by atomic mass is 10.5. The summed E-state index contributed by atoms with van der Waals surface area (Å²) in [7, 11) is -7.60. The van der Waals surface area contributed by atoms with Crippen molar-refractivity contribution >= 4 is 21.5 Å². The average Bonchev–Trinajstić information content (AvgIpc) is 2.51. The molecule has 10 nitrogen and oxygen atoms in total. The number of nitrogens with zero attached hydrogens (tertiary/aromatic N) is 2. The normalized spacial score (nSPS) is 11.2. The zero-order chi connectivity index (χ0) is 24.4. The Balaban J connectivity index is -0.000000425. The number of rotatable bonds is 11. The molecule has 0 aromatic carbocycles. The van der Waals surface area contributed by atoms with Crippen LogP contribution in [0.4, 0.5) is 0 Å². The van der Waals surface area contributed by atoms with E-state index < -0.39 is 15.6 Å². The molecule has 176 valence electrons. The van der Waals surface area contributed by atoms with Crippen molar-refractivity contribution in [1.29, 1.82) is 5.26 Å². The Morgan fingerprint density at radius 3 is 1.50 bits per heavy atom. The first-order valence-electron chi connectivity index (χ1n) is 9.15. The Kier molecular flexibility index (Phi) is 20.8. The highest BCUT2D eigenvalue weighted by Gasteiger charge is 2.28. The van der Waals surface area contributed by atoms with Crippen molar-refractivity contribution in [3.63, 3.8) is 0 Å². The Labute approximate surface area is 180 Å². The molecule has 0 spiro atoms. The van der Waals surface area contributed by atoms with Gasteiger partial charge in [0.15, 0.2) is 0 Å². The summed E-state index contributed by atoms with van der Waals surface area (Å²) in [5, 5.41) is 15.8. The van der Waals surface area contributed by atoms with Crippen molar-refractivity contribution < 1.29 is 36.6 Å². The summed E-state index contributed by atoms with van der Waals surface area (Å²) in [4.78, 5) is 10.8. The van der Waals surface area contributed by atoms with Crippen LogP contribution in [0.15, 0.2) is 18.7 Å². The average molecular weight is 468 g/mol. The minimum absolute atomic E-state index is 0.0762. The molecule has 0 unspecified atom stereocenters. The first-order valence-corrected chi connectivity index (χ1v) is 12.1. The molecule has 0 saturated heterocycles. The SMILES string of the molecule is C=CC#N.CC(C)OP(=O)(OCC=C=[N-])OC(C)C.CC(C)OP(=O)([O-])OC(C)C. The van der Waals surface area contributed by atoms with E-state index in [0.29, 0.717) is 0 Å². The molecule has 30 heavy (non-hydrogen) atoms. The number of hydrogen-bond donors (Lipinski definition) is 0. The summed E-state index contributed by atoms with van der Waals surface area (Å²) in [5.41, 5.74) is 0. The van der Waals surface area contributed by atoms with Gasteiger partial charge in [-0.3, -0.25) is 24.0 Å². The quantitative estimate of drug-likeness (QED) is 0.237. The van der Waals surface area contributed by atoms with Crippen molar-refractivity contribution in [2.45, 2.75) is 79.8 Å². The van der Waals surface area contributed by atoms with E-state index in [1.54, 1.807) is 67.3 Å². The highest BCUT2D eigenvalue weighted by atomic mass is 31.2. The maximum atomic E-state index is 11.9. The third-order valence-electron chi connectivity index (χ3n) is 1.86. The number of allylic oxidation sites excluding steroid dienone is 1. The third kappa shape index (κ3) is 26.9. The molecule has 0 N–H and O–H groups in total. The van der Waals surface area contributed by atoms with Crippen molar-refractivity contribution in [3.05, 3.63) is 24.1 Å². The summed E-state index contributed by atoms with van der Waals surface area (Å²) in [5.74, 6) is 1.76. The monoisotopic (exact) mass is 468 g/mol. The summed E-state index contributed by atoms with van der Waals surface area (Å²) in [6, 6.07) is 1.69. The van der Waals surface area contributed by atoms with Crippen molar-refractivity contribution in [2.75, 3.05) is 6.61 Å². The third-order valence-corrected chi connectivity index (χ3v) is 5.04. The smallest absolute Gasteiger partial charge is 0.475 e. The van der Waals surface area contributed by atoms with Crippen molar-refractivity contribution in [2.24, 2.45) is 0 Å². The number of nitriles is 1. The van der Waals surface area contributed by atoms with Crippen LogP contribution >= 0.6 is 15.6 Å². The van der Waals surface area contributed by atoms with Gasteiger partial charge in [-0.1, -0.05) is 6.58 Å². The van der Waals surface area contributed by atoms with Crippen LogP contribution in [-0.4, -0.2) is 36.9 Å². The molecular weight excluding hydrogens is 434 g/mol. The molecule has 0 rings (SSSR count). The summed E-state index contributed by atoms with van der Waals surface area (Å²) in [6.45, 7) is 16.5. The minimum Gasteiger partial charge on any atom is -0.764 e. The molecule has 12 heteroatoms. The van der Waals surface area contributed by atoms with Gasteiger partial charge in [-0.2, -0.15) is 5.26 Å². The van der Waals surface area contributed by atoms with Crippen LogP contribution in [0.25, 0.3) is 5.41 Å². The lowest BCUT2D eigenvalue weighted by molar-refractivity contribution is -0.231. The first kappa shape index (κ1) is 33.5. The molecule has 0 atom stereocenters. The second-order valence-electron chi connectivity index (χ2n) is 6.47. The van der Waals surface area contributed by atoms with Gasteiger partial charge in [0.1, 0.15) is 0 Å². The summed E-state index contributed by atoms with van der Waals surface area (Å²) < 4.78 is 46.9. The van der Waals surface area contributed by atoms with Crippen LogP contribution in [0.5, 0.6) is 0 Å². The molecule has 0 radical (unpaired) electrons. The highest BCUT2D eigenvalue weighted by molar-refractivity contribution is 7.48. The lowest BCUT2D eigenvalue weighted by Crippen LogP contribution is -2.15. The largest absolute Gasteiger partial charge is 0.764 e. The standard InChI is InChI=1S/C9H17NO4P.C6H15O4P.C3H3N/c1-8(2)13-15(11,14-9(3)4)12-7-5-6-10;1-5(2)9-11(7,8)10-6(3)4;1-2-3-4/h5,8-9H,7H2,1-4H3;5-6H,1-4H3,(H,7,8);2H,1H2/q-1;;/p-1. The molecule has 0 bridgehead atoms. The van der Waals surface area contributed by atoms with Gasteiger partial charge in [-0.15, -0.1) is 0 Å². The van der Waals surface area contributed by atoms with E-state index in [2.05, 4.69) is 15.6 Å². The first-order chi connectivity index (χ1) is 13.6. The predicted octanol–water partition coefficient (Wildman–Crippen LogP) is 4.76. The molecule has 0 aliphatic carbocycles. The fourth-order valence-electron chi connectivity index (χ4n) is 1.31. The van der Waals surface area contributed by atoms with E-state index in [1.807, 2.05) is 0 Å². The Morgan fingerprint density at radius 1 is 0.933 bits per heavy atom. The molecule has 0 aliphatic heterocycles. The second-order valence-corrected chi connectivity index (χ2v) is 9.36. The van der Waals surface area contributed by atoms with Gasteiger partial charge in [-0.05, 0) is 61.5 Å². The maximum absolute atomic E-state index is 11.9. The van der Waals surface area contributed by atoms with Gasteiger partial charge in [0, 0.05) is 6.08 Å². The maximum Gasteiger partial charge on any atom is 0.475 e. The van der Waals surface area contributed by atoms with Crippen molar-refractivity contribution in [1.82, 2.24) is 0 Å². The van der Waals surface area contributed by atoms with Crippen LogP contribution in [0, 0.1) is 11.3 Å². The molecular formula is C18H34N2O8P2-2. The number of phosphoric acid groups is 2. The number of hydrogen-bond acceptors (Lipinski definition) is 9. The van der Waals surface area contributed by atoms with E-state index in [1.165, 1.54) is 12.2 Å². The van der Waals surface area contributed by atoms with Gasteiger partial charge in [-0.25, -0.2) is 4.57 Å². The van der Waals surface area contributed by atoms with Crippen molar-refractivity contribution in [3.8, 4) is 6.07 Å². The topological polar surface area (TPSA) is 149 Å². The van der Waals surface area contributed by atoms with E-state index >= 15 is 0 Å². The summed E-state index contributed by atoms with van der Waals surface area (Å²) in [6.07, 6.45) is 1.10. The zero-order valence-corrected chi connectivity index (χ0v) is 20.7. The van der Waals surface area contributed by atoms with E-state index in [9.17, 15) is 14.0 Å². The molecule has 0 aromatic rings. The van der Waals surface area contributed by atoms with Crippen LogP contribution in [0.2, 0.25) is 0 Å². The molecule has 0 saturated carbocycles. The Bertz CT molecular complexity index is 611. The molecule has 0 aliphatic rings. The second kappa shape index (κ2) is 18.7. The Hall–Kier alpha value is -1.10. The molecule has 0 amide bonds. The zero-order valence-electron chi connectivity index (χ0n) is 18.9. The van der Waals surface area contributed by atoms with Gasteiger partial charge < -0.3 is 19.4 Å². The summed E-state index contributed by atoms with van der Waals surface area (Å²) >= 11 is 0. The Morgan fingerprint density at radius 2 is 1.27 bits per heavy atom. The lowest BCUT2D eigenvalue weighted by Gasteiger charge is -2.26. The van der Waals surface area contributed by atoms with E-state index in [-0.39, 0.29) is 31.0 Å². The van der Waals surface area contributed by atoms with Crippen LogP contribution in [0.3, 0.4) is 0 Å². The van der Waals surface area contributed by atoms with E-state index in [4.69, 9.17) is 24.2 Å². The van der Waals surface area contributed by atoms with Gasteiger partial charge in [0.25, 0.3) is 7.82 Å². The van der Waals surface area contributed by atoms with Crippen LogP contribution < -0.4 is 4.89 Å². The predicted molar refractivity (Wildman–Crippen MR) is 115 cm³/mol. The highest BCUT2D eigenvalue weighted by Crippen LogP contribution is 2.51. The van der Waals surface area contributed by atoms with Gasteiger partial charge in [0.2, 0.25) is 0 Å². The molecule has 0 fully saturated rings. The fourth-order valence-corrected chi connectivity index (χ4v) is 3.85. The van der Waals surface area contributed by atoms with Crippen LogP contribution in [0.1, 0.15) is 55.4 Å². The molecule has 0 aromatic heterocycles. The van der Waals surface area contributed by atoms with Gasteiger partial charge >= 0.3 is 7.82 Å². The van der Waals surface area contributed by atoms with E-state index in [0.717, 1.165) is 0 Å². The number of phosphoric ester groups is 2. The van der Waals surface area contributed by atoms with Crippen LogP contribution in [-0.2, 0) is 31.7 Å². The minimum atomic E-state index is -4.05. The fraction of sp³-hybridized carbons (Fsp3) is 0.722. The van der Waals surface area contributed by atoms with Gasteiger partial charge in [0.05, 0.1) is 37.1 Å². The molecule has 0 heterocycles.